The molecule has 0 saturated carbocycles. The van der Waals surface area contributed by atoms with Crippen molar-refractivity contribution in [2.45, 2.75) is 13.8 Å². The van der Waals surface area contributed by atoms with E-state index >= 15 is 0 Å². The molecule has 1 aromatic carbocycles. The van der Waals surface area contributed by atoms with E-state index in [0.29, 0.717) is 30.4 Å². The Morgan fingerprint density at radius 2 is 1.86 bits per heavy atom. The fourth-order valence-electron chi connectivity index (χ4n) is 3.10. The molecular formula is C20H27N5O3S. The highest BCUT2D eigenvalue weighted by atomic mass is 32.1. The first-order chi connectivity index (χ1) is 13.9. The summed E-state index contributed by atoms with van der Waals surface area (Å²) in [5.41, 5.74) is 7.48. The molecule has 2 aromatic rings. The van der Waals surface area contributed by atoms with E-state index in [9.17, 15) is 9.59 Å². The number of nitrogen functional groups attached to an aromatic ring is 1. The van der Waals surface area contributed by atoms with Gasteiger partial charge in [0.2, 0.25) is 0 Å². The van der Waals surface area contributed by atoms with Crippen LogP contribution in [0.5, 0.6) is 5.75 Å². The molecule has 1 fully saturated rings. The van der Waals surface area contributed by atoms with Gasteiger partial charge in [-0.3, -0.25) is 9.59 Å². The van der Waals surface area contributed by atoms with Crippen LogP contribution in [0, 0.1) is 5.92 Å². The first-order valence-corrected chi connectivity index (χ1v) is 10.4. The Labute approximate surface area is 174 Å². The van der Waals surface area contributed by atoms with Gasteiger partial charge >= 0.3 is 0 Å². The number of nitrogens with one attached hydrogen (secondary N) is 1. The van der Waals surface area contributed by atoms with Gasteiger partial charge in [-0.15, -0.1) is 0 Å². The summed E-state index contributed by atoms with van der Waals surface area (Å²) in [7, 11) is 1.64. The fourth-order valence-corrected chi connectivity index (χ4v) is 3.87. The largest absolute Gasteiger partial charge is 0.497 e. The van der Waals surface area contributed by atoms with Gasteiger partial charge in [-0.2, -0.15) is 4.37 Å². The van der Waals surface area contributed by atoms with E-state index < -0.39 is 0 Å². The van der Waals surface area contributed by atoms with Gasteiger partial charge in [0.1, 0.15) is 10.6 Å². The van der Waals surface area contributed by atoms with Crippen molar-refractivity contribution in [3.05, 3.63) is 34.8 Å². The lowest BCUT2D eigenvalue weighted by molar-refractivity contribution is 0.0752. The molecule has 0 bridgehead atoms. The summed E-state index contributed by atoms with van der Waals surface area (Å²) in [6.07, 6.45) is 0. The van der Waals surface area contributed by atoms with Gasteiger partial charge in [-0.05, 0) is 41.7 Å². The number of methoxy groups -OCH3 is 1. The van der Waals surface area contributed by atoms with Crippen molar-refractivity contribution < 1.29 is 14.3 Å². The van der Waals surface area contributed by atoms with Crippen LogP contribution in [0.3, 0.4) is 0 Å². The molecular weight excluding hydrogens is 390 g/mol. The number of nitrogens with zero attached hydrogens (tertiary/aromatic N) is 3. The second-order valence-electron chi connectivity index (χ2n) is 7.36. The Morgan fingerprint density at radius 3 is 2.45 bits per heavy atom. The Bertz CT molecular complexity index is 858. The normalized spacial score (nSPS) is 14.2. The number of rotatable bonds is 6. The van der Waals surface area contributed by atoms with Crippen LogP contribution in [-0.4, -0.2) is 60.9 Å². The van der Waals surface area contributed by atoms with Crippen LogP contribution in [0.15, 0.2) is 24.3 Å². The smallest absolute Gasteiger partial charge is 0.273 e. The molecule has 0 unspecified atom stereocenters. The summed E-state index contributed by atoms with van der Waals surface area (Å²) < 4.78 is 9.32. The van der Waals surface area contributed by atoms with Crippen molar-refractivity contribution in [2.24, 2.45) is 5.92 Å². The number of carbonyl (C=O) groups excluding carboxylic acids is 2. The lowest BCUT2D eigenvalue weighted by Gasteiger charge is -2.36. The quantitative estimate of drug-likeness (QED) is 0.746. The molecule has 1 aliphatic heterocycles. The number of anilines is 2. The maximum atomic E-state index is 12.9. The minimum Gasteiger partial charge on any atom is -0.497 e. The molecule has 0 spiro atoms. The SMILES string of the molecule is COc1ccc(N2CCN(C(=O)c3snc(C(=O)NCC(C)C)c3N)CC2)cc1. The van der Waals surface area contributed by atoms with Gasteiger partial charge in [0, 0.05) is 38.4 Å². The number of hydrogen-bond acceptors (Lipinski definition) is 7. The topological polar surface area (TPSA) is 101 Å². The number of carbonyl (C=O) groups is 2. The van der Waals surface area contributed by atoms with Crippen LogP contribution in [-0.2, 0) is 0 Å². The highest BCUT2D eigenvalue weighted by Crippen LogP contribution is 2.25. The fraction of sp³-hybridized carbons (Fsp3) is 0.450. The average molecular weight is 418 g/mol. The predicted molar refractivity (Wildman–Crippen MR) is 115 cm³/mol. The maximum absolute atomic E-state index is 12.9. The van der Waals surface area contributed by atoms with E-state index in [1.54, 1.807) is 12.0 Å². The number of piperazine rings is 1. The van der Waals surface area contributed by atoms with E-state index in [2.05, 4.69) is 14.6 Å². The van der Waals surface area contributed by atoms with Crippen molar-refractivity contribution >= 4 is 34.7 Å². The molecule has 156 valence electrons. The molecule has 0 atom stereocenters. The summed E-state index contributed by atoms with van der Waals surface area (Å²) in [6, 6.07) is 7.88. The number of aromatic nitrogens is 1. The van der Waals surface area contributed by atoms with Crippen LogP contribution in [0.1, 0.15) is 34.0 Å². The van der Waals surface area contributed by atoms with Gasteiger partial charge in [0.15, 0.2) is 5.69 Å². The number of hydrogen-bond donors (Lipinski definition) is 2. The predicted octanol–water partition coefficient (Wildman–Crippen LogP) is 2.08. The number of amides is 2. The summed E-state index contributed by atoms with van der Waals surface area (Å²) >= 11 is 0.987. The monoisotopic (exact) mass is 417 g/mol. The van der Waals surface area contributed by atoms with E-state index in [-0.39, 0.29) is 23.2 Å². The van der Waals surface area contributed by atoms with Gasteiger partial charge in [0.05, 0.1) is 12.8 Å². The molecule has 1 aromatic heterocycles. The summed E-state index contributed by atoms with van der Waals surface area (Å²) in [5, 5.41) is 2.79. The molecule has 3 N–H and O–H groups in total. The van der Waals surface area contributed by atoms with Crippen molar-refractivity contribution in [3.63, 3.8) is 0 Å². The van der Waals surface area contributed by atoms with Crippen LogP contribution >= 0.6 is 11.5 Å². The molecule has 2 heterocycles. The Morgan fingerprint density at radius 1 is 1.21 bits per heavy atom. The highest BCUT2D eigenvalue weighted by molar-refractivity contribution is 7.09. The zero-order chi connectivity index (χ0) is 21.0. The minimum atomic E-state index is -0.337. The average Bonchev–Trinajstić information content (AvgIpc) is 3.13. The molecule has 1 aliphatic rings. The Kier molecular flexibility index (Phi) is 6.58. The van der Waals surface area contributed by atoms with Crippen molar-refractivity contribution in [1.82, 2.24) is 14.6 Å². The van der Waals surface area contributed by atoms with Gasteiger partial charge in [-0.1, -0.05) is 13.8 Å². The zero-order valence-corrected chi connectivity index (χ0v) is 17.8. The Hall–Kier alpha value is -2.81. The van der Waals surface area contributed by atoms with Crippen molar-refractivity contribution in [3.8, 4) is 5.75 Å². The van der Waals surface area contributed by atoms with Gasteiger partial charge in [0.25, 0.3) is 11.8 Å². The lowest BCUT2D eigenvalue weighted by Crippen LogP contribution is -2.48. The first-order valence-electron chi connectivity index (χ1n) is 9.62. The minimum absolute atomic E-state index is 0.135. The second-order valence-corrected chi connectivity index (χ2v) is 8.13. The number of nitrogens with two attached hydrogens (primary N) is 1. The molecule has 2 amide bonds. The molecule has 0 radical (unpaired) electrons. The third-order valence-electron chi connectivity index (χ3n) is 4.81. The molecule has 3 rings (SSSR count). The van der Waals surface area contributed by atoms with Crippen LogP contribution in [0.25, 0.3) is 0 Å². The third-order valence-corrected chi connectivity index (χ3v) is 5.66. The Balaban J connectivity index is 1.61. The number of ether oxygens (including phenoxy) is 1. The first kappa shape index (κ1) is 20.9. The van der Waals surface area contributed by atoms with E-state index in [0.717, 1.165) is 36.1 Å². The molecule has 0 aliphatic carbocycles. The summed E-state index contributed by atoms with van der Waals surface area (Å²) in [4.78, 5) is 29.5. The van der Waals surface area contributed by atoms with E-state index in [4.69, 9.17) is 10.5 Å². The van der Waals surface area contributed by atoms with Crippen molar-refractivity contribution in [1.29, 1.82) is 0 Å². The lowest BCUT2D eigenvalue weighted by atomic mass is 10.2. The molecule has 8 nitrogen and oxygen atoms in total. The third kappa shape index (κ3) is 4.79. The van der Waals surface area contributed by atoms with E-state index in [1.165, 1.54) is 0 Å². The van der Waals surface area contributed by atoms with Crippen LogP contribution in [0.4, 0.5) is 11.4 Å². The molecule has 29 heavy (non-hydrogen) atoms. The molecule has 1 saturated heterocycles. The van der Waals surface area contributed by atoms with Gasteiger partial charge in [-0.25, -0.2) is 0 Å². The van der Waals surface area contributed by atoms with Crippen LogP contribution < -0.4 is 20.7 Å². The van der Waals surface area contributed by atoms with Crippen LogP contribution in [0.2, 0.25) is 0 Å². The highest BCUT2D eigenvalue weighted by Gasteiger charge is 2.28. The van der Waals surface area contributed by atoms with Gasteiger partial charge < -0.3 is 25.6 Å². The number of benzene rings is 1. The van der Waals surface area contributed by atoms with Crippen molar-refractivity contribution in [2.75, 3.05) is 50.5 Å². The summed E-state index contributed by atoms with van der Waals surface area (Å²) in [5.74, 6) is 0.631. The zero-order valence-electron chi connectivity index (χ0n) is 17.0. The molecule has 9 heteroatoms. The van der Waals surface area contributed by atoms with E-state index in [1.807, 2.05) is 38.1 Å². The maximum Gasteiger partial charge on any atom is 0.273 e. The second kappa shape index (κ2) is 9.13. The standard InChI is InChI=1S/C20H27N5O3S/c1-13(2)12-22-19(26)17-16(21)18(29-23-17)20(27)25-10-8-24(9-11-25)14-4-6-15(28-3)7-5-14/h4-7,13H,8-12,21H2,1-3H3,(H,22,26). The summed E-state index contributed by atoms with van der Waals surface area (Å²) in [6.45, 7) is 7.15.